The molecule has 5 rings (SSSR count). The van der Waals surface area contributed by atoms with Gasteiger partial charge in [-0.25, -0.2) is 15.0 Å². The lowest BCUT2D eigenvalue weighted by Gasteiger charge is -2.17. The van der Waals surface area contributed by atoms with Gasteiger partial charge in [0.15, 0.2) is 17.0 Å². The predicted octanol–water partition coefficient (Wildman–Crippen LogP) is 2.64. The lowest BCUT2D eigenvalue weighted by Crippen LogP contribution is -2.17. The summed E-state index contributed by atoms with van der Waals surface area (Å²) in [6.07, 6.45) is 2.66. The summed E-state index contributed by atoms with van der Waals surface area (Å²) >= 11 is 0. The Bertz CT molecular complexity index is 1390. The first-order valence-corrected chi connectivity index (χ1v) is 12.2. The van der Waals surface area contributed by atoms with Crippen molar-refractivity contribution in [1.29, 1.82) is 0 Å². The predicted molar refractivity (Wildman–Crippen MR) is 141 cm³/mol. The third-order valence-corrected chi connectivity index (χ3v) is 6.34. The summed E-state index contributed by atoms with van der Waals surface area (Å²) < 4.78 is 7.90. The Kier molecular flexibility index (Phi) is 7.26. The molecule has 1 saturated heterocycles. The van der Waals surface area contributed by atoms with Gasteiger partial charge >= 0.3 is 0 Å². The number of nitrogen functional groups attached to an aromatic ring is 1. The molecule has 3 heterocycles. The Morgan fingerprint density at radius 2 is 1.97 bits per heavy atom. The number of aliphatic hydroxyl groups is 1. The van der Waals surface area contributed by atoms with Crippen LogP contribution in [-0.2, 0) is 16.1 Å². The summed E-state index contributed by atoms with van der Waals surface area (Å²) in [5.41, 5.74) is 16.4. The first-order chi connectivity index (χ1) is 18.1. The fourth-order valence-electron chi connectivity index (χ4n) is 4.46. The molecular weight excluding hydrogens is 472 g/mol. The van der Waals surface area contributed by atoms with Crippen LogP contribution >= 0.6 is 0 Å². The fraction of sp³-hybridized carbons (Fsp3) is 0.308. The number of ether oxygens (including phenoxy) is 1. The largest absolute Gasteiger partial charge is 0.394 e. The van der Waals surface area contributed by atoms with Crippen LogP contribution in [0, 0.1) is 0 Å². The van der Waals surface area contributed by atoms with E-state index in [4.69, 9.17) is 16.2 Å². The van der Waals surface area contributed by atoms with Crippen molar-refractivity contribution in [2.45, 2.75) is 38.1 Å². The van der Waals surface area contributed by atoms with Crippen molar-refractivity contribution in [3.05, 3.63) is 60.4 Å². The highest BCUT2D eigenvalue weighted by molar-refractivity contribution is 5.91. The molecule has 37 heavy (non-hydrogen) atoms. The number of hydrogen-bond acceptors (Lipinski definition) is 9. The van der Waals surface area contributed by atoms with Crippen LogP contribution in [0.1, 0.15) is 31.1 Å². The number of nitrogens with two attached hydrogens (primary N) is 2. The summed E-state index contributed by atoms with van der Waals surface area (Å²) in [7, 11) is 0. The molecule has 0 radical (unpaired) electrons. The van der Waals surface area contributed by atoms with Crippen LogP contribution in [-0.4, -0.2) is 49.8 Å². The molecular formula is C26H30N8O3. The molecule has 1 fully saturated rings. The lowest BCUT2D eigenvalue weighted by atomic mass is 10.0. The molecule has 2 aromatic heterocycles. The summed E-state index contributed by atoms with van der Waals surface area (Å²) in [6, 6.07) is 15.9. The van der Waals surface area contributed by atoms with E-state index in [1.54, 1.807) is 0 Å². The van der Waals surface area contributed by atoms with E-state index < -0.39 is 0 Å². The zero-order valence-corrected chi connectivity index (χ0v) is 20.3. The molecule has 0 bridgehead atoms. The Morgan fingerprint density at radius 1 is 1.14 bits per heavy atom. The number of anilines is 3. The zero-order valence-electron chi connectivity index (χ0n) is 20.3. The number of hydrogen-bond donors (Lipinski definition) is 5. The van der Waals surface area contributed by atoms with Crippen molar-refractivity contribution in [2.75, 3.05) is 29.5 Å². The van der Waals surface area contributed by atoms with Crippen molar-refractivity contribution < 1.29 is 14.6 Å². The molecule has 2 aromatic carbocycles. The van der Waals surface area contributed by atoms with Crippen molar-refractivity contribution in [3.63, 3.8) is 0 Å². The van der Waals surface area contributed by atoms with Crippen molar-refractivity contribution in [3.8, 4) is 11.1 Å². The van der Waals surface area contributed by atoms with Gasteiger partial charge in [0, 0.05) is 25.2 Å². The lowest BCUT2D eigenvalue weighted by molar-refractivity contribution is -0.116. The molecule has 0 saturated carbocycles. The van der Waals surface area contributed by atoms with E-state index in [0.717, 1.165) is 35.2 Å². The van der Waals surface area contributed by atoms with Gasteiger partial charge in [-0.2, -0.15) is 0 Å². The number of carbonyl (C=O) groups excluding carboxylic acids is 1. The Balaban J connectivity index is 1.32. The fourth-order valence-corrected chi connectivity index (χ4v) is 4.46. The molecule has 4 aromatic rings. The molecule has 0 unspecified atom stereocenters. The van der Waals surface area contributed by atoms with Gasteiger partial charge in [-0.05, 0) is 41.7 Å². The van der Waals surface area contributed by atoms with Crippen LogP contribution in [0.25, 0.3) is 22.3 Å². The number of rotatable bonds is 9. The van der Waals surface area contributed by atoms with Crippen LogP contribution in [0.4, 0.5) is 17.5 Å². The van der Waals surface area contributed by atoms with Crippen LogP contribution in [0.2, 0.25) is 0 Å². The monoisotopic (exact) mass is 502 g/mol. The van der Waals surface area contributed by atoms with Gasteiger partial charge in [0.05, 0.1) is 12.7 Å². The second-order valence-corrected chi connectivity index (χ2v) is 8.93. The number of nitrogens with one attached hydrogen (secondary N) is 2. The van der Waals surface area contributed by atoms with E-state index in [1.807, 2.05) is 53.1 Å². The number of benzene rings is 2. The molecule has 1 amide bonds. The quantitative estimate of drug-likeness (QED) is 0.231. The topological polar surface area (TPSA) is 166 Å². The standard InChI is InChI=1S/C26H30N8O3/c27-11-10-21(36)32-19-3-1-2-18(12-19)17-6-4-16(5-7-17)13-29-26-33-23-24(28)30-15-31-25(23)34(26)22-9-8-20(14-35)37-22/h1-7,12,15,20,22,35H,8-11,13-14,27H2,(H,29,33)(H,32,36)(H2,28,30,31)/t20-,22+/m0/s1. The third kappa shape index (κ3) is 5.38. The van der Waals surface area contributed by atoms with Crippen molar-refractivity contribution >= 4 is 34.5 Å². The van der Waals surface area contributed by atoms with Crippen molar-refractivity contribution in [2.24, 2.45) is 5.73 Å². The van der Waals surface area contributed by atoms with Crippen LogP contribution < -0.4 is 22.1 Å². The van der Waals surface area contributed by atoms with Crippen molar-refractivity contribution in [1.82, 2.24) is 19.5 Å². The maximum absolute atomic E-state index is 11.9. The van der Waals surface area contributed by atoms with E-state index in [2.05, 4.69) is 25.6 Å². The second kappa shape index (κ2) is 10.9. The highest BCUT2D eigenvalue weighted by Crippen LogP contribution is 2.34. The van der Waals surface area contributed by atoms with Gasteiger partial charge in [0.25, 0.3) is 0 Å². The molecule has 11 nitrogen and oxygen atoms in total. The number of fused-ring (bicyclic) bond motifs is 1. The maximum atomic E-state index is 11.9. The van der Waals surface area contributed by atoms with E-state index in [0.29, 0.717) is 36.0 Å². The first kappa shape index (κ1) is 24.6. The van der Waals surface area contributed by atoms with Gasteiger partial charge in [-0.15, -0.1) is 0 Å². The SMILES string of the molecule is NCCC(=O)Nc1cccc(-c2ccc(CNc3nc4c(N)ncnc4n3[C@H]3CC[C@@H](CO)O3)cc2)c1. The van der Waals surface area contributed by atoms with Gasteiger partial charge in [0.1, 0.15) is 12.6 Å². The molecule has 0 aliphatic carbocycles. The maximum Gasteiger partial charge on any atom is 0.225 e. The summed E-state index contributed by atoms with van der Waals surface area (Å²) in [5.74, 6) is 0.778. The Hall–Kier alpha value is -4.06. The second-order valence-electron chi connectivity index (χ2n) is 8.93. The van der Waals surface area contributed by atoms with Gasteiger partial charge in [-0.1, -0.05) is 36.4 Å². The van der Waals surface area contributed by atoms with Crippen LogP contribution in [0.15, 0.2) is 54.9 Å². The number of aliphatic hydroxyl groups excluding tert-OH is 1. The summed E-state index contributed by atoms with van der Waals surface area (Å²) in [5, 5.41) is 15.8. The summed E-state index contributed by atoms with van der Waals surface area (Å²) in [4.78, 5) is 25.0. The van der Waals surface area contributed by atoms with Crippen LogP contribution in [0.3, 0.4) is 0 Å². The highest BCUT2D eigenvalue weighted by Gasteiger charge is 2.30. The average Bonchev–Trinajstić information content (AvgIpc) is 3.53. The van der Waals surface area contributed by atoms with E-state index in [-0.39, 0.29) is 31.3 Å². The normalized spacial score (nSPS) is 17.2. The van der Waals surface area contributed by atoms with E-state index in [9.17, 15) is 9.90 Å². The van der Waals surface area contributed by atoms with Gasteiger partial charge in [0.2, 0.25) is 11.9 Å². The molecule has 1 aliphatic rings. The molecule has 192 valence electrons. The van der Waals surface area contributed by atoms with Crippen LogP contribution in [0.5, 0.6) is 0 Å². The highest BCUT2D eigenvalue weighted by atomic mass is 16.5. The number of amides is 1. The van der Waals surface area contributed by atoms with Gasteiger partial charge in [-0.3, -0.25) is 9.36 Å². The molecule has 0 spiro atoms. The molecule has 11 heteroatoms. The van der Waals surface area contributed by atoms with Gasteiger partial charge < -0.3 is 31.9 Å². The zero-order chi connectivity index (χ0) is 25.8. The number of nitrogens with zero attached hydrogens (tertiary/aromatic N) is 4. The average molecular weight is 503 g/mol. The third-order valence-electron chi connectivity index (χ3n) is 6.34. The Morgan fingerprint density at radius 3 is 2.73 bits per heavy atom. The van der Waals surface area contributed by atoms with E-state index in [1.165, 1.54) is 6.33 Å². The Labute approximate surface area is 213 Å². The minimum absolute atomic E-state index is 0.0294. The summed E-state index contributed by atoms with van der Waals surface area (Å²) in [6.45, 7) is 0.801. The molecule has 1 aliphatic heterocycles. The minimum atomic E-state index is -0.307. The minimum Gasteiger partial charge on any atom is -0.394 e. The van der Waals surface area contributed by atoms with E-state index >= 15 is 0 Å². The number of carbonyl (C=O) groups is 1. The smallest absolute Gasteiger partial charge is 0.225 e. The molecule has 2 atom stereocenters. The first-order valence-electron chi connectivity index (χ1n) is 12.2. The number of imidazole rings is 1. The number of aromatic nitrogens is 4. The molecule has 7 N–H and O–H groups in total.